The van der Waals surface area contributed by atoms with Gasteiger partial charge in [0.25, 0.3) is 0 Å². The minimum atomic E-state index is -0.624. The lowest BCUT2D eigenvalue weighted by molar-refractivity contribution is 0.0533. The summed E-state index contributed by atoms with van der Waals surface area (Å²) >= 11 is 0. The maximum atomic E-state index is 9.53. The Hall–Kier alpha value is -0.120. The van der Waals surface area contributed by atoms with E-state index in [2.05, 4.69) is 5.32 Å². The van der Waals surface area contributed by atoms with Gasteiger partial charge < -0.3 is 15.2 Å². The molecule has 1 aliphatic carbocycles. The largest absolute Gasteiger partial charge is 0.389 e. The molecular formula is C10H21NO2. The molecule has 0 aromatic rings. The van der Waals surface area contributed by atoms with Crippen molar-refractivity contribution >= 4 is 0 Å². The van der Waals surface area contributed by atoms with Crippen molar-refractivity contribution < 1.29 is 9.84 Å². The van der Waals surface area contributed by atoms with E-state index >= 15 is 0 Å². The maximum Gasteiger partial charge on any atom is 0.0724 e. The van der Waals surface area contributed by atoms with Gasteiger partial charge in [-0.1, -0.05) is 0 Å². The first-order valence-electron chi connectivity index (χ1n) is 5.01. The Labute approximate surface area is 80.5 Å². The molecule has 0 aliphatic heterocycles. The highest BCUT2D eigenvalue weighted by Crippen LogP contribution is 2.21. The summed E-state index contributed by atoms with van der Waals surface area (Å²) in [5.41, 5.74) is -0.624. The van der Waals surface area contributed by atoms with Crippen molar-refractivity contribution in [2.75, 3.05) is 13.7 Å². The molecule has 1 fully saturated rings. The Morgan fingerprint density at radius 2 is 2.15 bits per heavy atom. The summed E-state index contributed by atoms with van der Waals surface area (Å²) in [6, 6.07) is 0.427. The lowest BCUT2D eigenvalue weighted by atomic mass is 10.1. The lowest BCUT2D eigenvalue weighted by Crippen LogP contribution is -2.44. The molecule has 1 aliphatic rings. The van der Waals surface area contributed by atoms with Crippen molar-refractivity contribution in [1.29, 1.82) is 0 Å². The molecule has 0 bridgehead atoms. The molecule has 3 nitrogen and oxygen atoms in total. The van der Waals surface area contributed by atoms with Crippen LogP contribution in [0.15, 0.2) is 0 Å². The Morgan fingerprint density at radius 1 is 1.46 bits per heavy atom. The number of hydrogen-bond donors (Lipinski definition) is 2. The molecule has 1 saturated carbocycles. The van der Waals surface area contributed by atoms with E-state index in [1.54, 1.807) is 7.11 Å². The Bertz CT molecular complexity index is 153. The smallest absolute Gasteiger partial charge is 0.0724 e. The monoisotopic (exact) mass is 187 g/mol. The molecule has 0 radical (unpaired) electrons. The molecule has 0 saturated heterocycles. The third-order valence-electron chi connectivity index (χ3n) is 2.55. The van der Waals surface area contributed by atoms with Crippen molar-refractivity contribution in [2.45, 2.75) is 50.9 Å². The van der Waals surface area contributed by atoms with Gasteiger partial charge in [0.2, 0.25) is 0 Å². The van der Waals surface area contributed by atoms with Crippen LogP contribution in [0.1, 0.15) is 33.1 Å². The Morgan fingerprint density at radius 3 is 2.69 bits per heavy atom. The number of ether oxygens (including phenoxy) is 1. The van der Waals surface area contributed by atoms with Crippen LogP contribution in [0, 0.1) is 0 Å². The van der Waals surface area contributed by atoms with E-state index in [-0.39, 0.29) is 0 Å². The first-order valence-corrected chi connectivity index (χ1v) is 5.01. The molecule has 0 spiro atoms. The van der Waals surface area contributed by atoms with E-state index in [0.29, 0.717) is 18.7 Å². The fraction of sp³-hybridized carbons (Fsp3) is 1.00. The number of aliphatic hydroxyl groups is 1. The number of nitrogens with one attached hydrogen (secondary N) is 1. The van der Waals surface area contributed by atoms with Gasteiger partial charge in [0.15, 0.2) is 0 Å². The first kappa shape index (κ1) is 11.0. The van der Waals surface area contributed by atoms with Gasteiger partial charge in [-0.15, -0.1) is 0 Å². The van der Waals surface area contributed by atoms with Gasteiger partial charge in [0, 0.05) is 19.7 Å². The summed E-state index contributed by atoms with van der Waals surface area (Å²) in [5, 5.41) is 12.9. The molecule has 2 unspecified atom stereocenters. The highest BCUT2D eigenvalue weighted by Gasteiger charge is 2.27. The minimum Gasteiger partial charge on any atom is -0.389 e. The van der Waals surface area contributed by atoms with Crippen LogP contribution in [0.3, 0.4) is 0 Å². The van der Waals surface area contributed by atoms with Crippen LogP contribution in [0.2, 0.25) is 0 Å². The van der Waals surface area contributed by atoms with E-state index in [9.17, 15) is 5.11 Å². The zero-order valence-corrected chi connectivity index (χ0v) is 8.84. The first-order chi connectivity index (χ1) is 6.03. The van der Waals surface area contributed by atoms with E-state index in [0.717, 1.165) is 12.8 Å². The number of hydrogen-bond acceptors (Lipinski definition) is 3. The van der Waals surface area contributed by atoms with Gasteiger partial charge in [-0.3, -0.25) is 0 Å². The van der Waals surface area contributed by atoms with Crippen LogP contribution in [0.5, 0.6) is 0 Å². The normalized spacial score (nSPS) is 29.5. The fourth-order valence-corrected chi connectivity index (χ4v) is 1.82. The summed E-state index contributed by atoms with van der Waals surface area (Å²) in [6.45, 7) is 4.27. The predicted molar refractivity (Wildman–Crippen MR) is 52.7 cm³/mol. The van der Waals surface area contributed by atoms with Crippen LogP contribution < -0.4 is 5.32 Å². The van der Waals surface area contributed by atoms with Crippen LogP contribution >= 0.6 is 0 Å². The number of rotatable bonds is 4. The third-order valence-corrected chi connectivity index (χ3v) is 2.55. The highest BCUT2D eigenvalue weighted by atomic mass is 16.5. The fourth-order valence-electron chi connectivity index (χ4n) is 1.82. The van der Waals surface area contributed by atoms with E-state index in [4.69, 9.17) is 4.74 Å². The summed E-state index contributed by atoms with van der Waals surface area (Å²) in [5.74, 6) is 0. The van der Waals surface area contributed by atoms with Crippen LogP contribution in [0.4, 0.5) is 0 Å². The Balaban J connectivity index is 2.28. The van der Waals surface area contributed by atoms with E-state index in [1.165, 1.54) is 6.42 Å². The van der Waals surface area contributed by atoms with Crippen molar-refractivity contribution in [3.8, 4) is 0 Å². The molecule has 3 heteroatoms. The van der Waals surface area contributed by atoms with Crippen molar-refractivity contribution in [2.24, 2.45) is 0 Å². The zero-order valence-electron chi connectivity index (χ0n) is 8.84. The SMILES string of the molecule is COC1CCCC1NCC(C)(C)O. The van der Waals surface area contributed by atoms with Gasteiger partial charge in [-0.2, -0.15) is 0 Å². The maximum absolute atomic E-state index is 9.53. The Kier molecular flexibility index (Phi) is 3.71. The molecule has 78 valence electrons. The second-order valence-electron chi connectivity index (χ2n) is 4.50. The number of methoxy groups -OCH3 is 1. The molecular weight excluding hydrogens is 166 g/mol. The van der Waals surface area contributed by atoms with Gasteiger partial charge >= 0.3 is 0 Å². The summed E-state index contributed by atoms with van der Waals surface area (Å²) < 4.78 is 5.34. The second kappa shape index (κ2) is 4.40. The molecule has 0 aromatic carbocycles. The summed E-state index contributed by atoms with van der Waals surface area (Å²) in [4.78, 5) is 0. The molecule has 1 rings (SSSR count). The zero-order chi connectivity index (χ0) is 9.90. The van der Waals surface area contributed by atoms with Crippen molar-refractivity contribution in [3.05, 3.63) is 0 Å². The molecule has 13 heavy (non-hydrogen) atoms. The van der Waals surface area contributed by atoms with Crippen molar-refractivity contribution in [3.63, 3.8) is 0 Å². The standard InChI is InChI=1S/C10H21NO2/c1-10(2,12)7-11-8-5-4-6-9(8)13-3/h8-9,11-12H,4-7H2,1-3H3. The summed E-state index contributed by atoms with van der Waals surface area (Å²) in [6.07, 6.45) is 3.86. The topological polar surface area (TPSA) is 41.5 Å². The molecule has 0 amide bonds. The van der Waals surface area contributed by atoms with Gasteiger partial charge in [0.1, 0.15) is 0 Å². The van der Waals surface area contributed by atoms with Crippen LogP contribution in [-0.2, 0) is 4.74 Å². The molecule has 0 heterocycles. The molecule has 2 atom stereocenters. The molecule has 0 aromatic heterocycles. The van der Waals surface area contributed by atoms with E-state index < -0.39 is 5.60 Å². The van der Waals surface area contributed by atoms with Crippen LogP contribution in [0.25, 0.3) is 0 Å². The molecule has 2 N–H and O–H groups in total. The lowest BCUT2D eigenvalue weighted by Gasteiger charge is -2.24. The highest BCUT2D eigenvalue weighted by molar-refractivity contribution is 4.85. The third kappa shape index (κ3) is 3.63. The average Bonchev–Trinajstić information content (AvgIpc) is 2.46. The van der Waals surface area contributed by atoms with Crippen molar-refractivity contribution in [1.82, 2.24) is 5.32 Å². The second-order valence-corrected chi connectivity index (χ2v) is 4.50. The van der Waals surface area contributed by atoms with Gasteiger partial charge in [-0.05, 0) is 33.1 Å². The summed E-state index contributed by atoms with van der Waals surface area (Å²) in [7, 11) is 1.76. The quantitative estimate of drug-likeness (QED) is 0.687. The van der Waals surface area contributed by atoms with Gasteiger partial charge in [-0.25, -0.2) is 0 Å². The van der Waals surface area contributed by atoms with E-state index in [1.807, 2.05) is 13.8 Å². The van der Waals surface area contributed by atoms with Crippen LogP contribution in [-0.4, -0.2) is 36.5 Å². The predicted octanol–water partition coefficient (Wildman–Crippen LogP) is 0.914. The van der Waals surface area contributed by atoms with Gasteiger partial charge in [0.05, 0.1) is 11.7 Å². The average molecular weight is 187 g/mol. The minimum absolute atomic E-state index is 0.336.